The number of ether oxygens (including phenoxy) is 2. The first kappa shape index (κ1) is 13.8. The van der Waals surface area contributed by atoms with E-state index in [0.29, 0.717) is 12.5 Å². The first-order valence-electron chi connectivity index (χ1n) is 6.08. The van der Waals surface area contributed by atoms with E-state index in [0.717, 1.165) is 17.9 Å². The van der Waals surface area contributed by atoms with E-state index >= 15 is 0 Å². The standard InChI is InChI=1S/C14H23NO2/c1-10(2)9-17-14-8-12(7-11(3)15)5-6-13(14)16-4/h5-6,8,10-11H,7,9,15H2,1-4H3. The molecule has 3 nitrogen and oxygen atoms in total. The Morgan fingerprint density at radius 1 is 1.18 bits per heavy atom. The summed E-state index contributed by atoms with van der Waals surface area (Å²) in [5.74, 6) is 2.08. The Kier molecular flexibility index (Phi) is 5.29. The molecule has 1 rings (SSSR count). The first-order valence-corrected chi connectivity index (χ1v) is 6.08. The number of nitrogens with two attached hydrogens (primary N) is 1. The Morgan fingerprint density at radius 2 is 1.88 bits per heavy atom. The molecule has 0 heterocycles. The number of benzene rings is 1. The summed E-state index contributed by atoms with van der Waals surface area (Å²) in [6.07, 6.45) is 0.849. The van der Waals surface area contributed by atoms with Gasteiger partial charge in [-0.1, -0.05) is 19.9 Å². The summed E-state index contributed by atoms with van der Waals surface area (Å²) in [6.45, 7) is 6.94. The molecule has 1 atom stereocenters. The Balaban J connectivity index is 2.82. The van der Waals surface area contributed by atoms with Crippen LogP contribution >= 0.6 is 0 Å². The molecule has 0 aliphatic rings. The molecule has 1 aromatic rings. The van der Waals surface area contributed by atoms with Crippen molar-refractivity contribution in [2.24, 2.45) is 11.7 Å². The summed E-state index contributed by atoms with van der Waals surface area (Å²) >= 11 is 0. The average Bonchev–Trinajstić information content (AvgIpc) is 2.25. The van der Waals surface area contributed by atoms with Gasteiger partial charge in [0.15, 0.2) is 11.5 Å². The van der Waals surface area contributed by atoms with Crippen LogP contribution in [0.2, 0.25) is 0 Å². The van der Waals surface area contributed by atoms with Gasteiger partial charge in [0, 0.05) is 6.04 Å². The topological polar surface area (TPSA) is 44.5 Å². The molecule has 0 aliphatic carbocycles. The smallest absolute Gasteiger partial charge is 0.161 e. The van der Waals surface area contributed by atoms with Crippen molar-refractivity contribution in [3.05, 3.63) is 23.8 Å². The normalized spacial score (nSPS) is 12.6. The fraction of sp³-hybridized carbons (Fsp3) is 0.571. The van der Waals surface area contributed by atoms with Crippen molar-refractivity contribution in [3.8, 4) is 11.5 Å². The molecule has 0 aliphatic heterocycles. The van der Waals surface area contributed by atoms with Crippen LogP contribution in [0.15, 0.2) is 18.2 Å². The van der Waals surface area contributed by atoms with Gasteiger partial charge in [0.25, 0.3) is 0 Å². The lowest BCUT2D eigenvalue weighted by atomic mass is 10.1. The molecule has 0 aromatic heterocycles. The maximum atomic E-state index is 5.80. The van der Waals surface area contributed by atoms with Crippen LogP contribution in [-0.2, 0) is 6.42 Å². The summed E-state index contributed by atoms with van der Waals surface area (Å²) in [7, 11) is 1.66. The van der Waals surface area contributed by atoms with Crippen LogP contribution < -0.4 is 15.2 Å². The molecular weight excluding hydrogens is 214 g/mol. The molecule has 0 spiro atoms. The molecule has 0 bridgehead atoms. The van der Waals surface area contributed by atoms with Gasteiger partial charge < -0.3 is 15.2 Å². The van der Waals surface area contributed by atoms with Gasteiger partial charge in [0.2, 0.25) is 0 Å². The van der Waals surface area contributed by atoms with Crippen LogP contribution in [0.25, 0.3) is 0 Å². The molecular formula is C14H23NO2. The van der Waals surface area contributed by atoms with E-state index in [9.17, 15) is 0 Å². The minimum atomic E-state index is 0.154. The lowest BCUT2D eigenvalue weighted by Gasteiger charge is -2.14. The fourth-order valence-corrected chi connectivity index (χ4v) is 1.59. The van der Waals surface area contributed by atoms with Crippen molar-refractivity contribution in [1.29, 1.82) is 0 Å². The second-order valence-electron chi connectivity index (χ2n) is 4.87. The van der Waals surface area contributed by atoms with Crippen molar-refractivity contribution >= 4 is 0 Å². The zero-order valence-corrected chi connectivity index (χ0v) is 11.2. The summed E-state index contributed by atoms with van der Waals surface area (Å²) in [5, 5.41) is 0. The van der Waals surface area contributed by atoms with Gasteiger partial charge in [-0.15, -0.1) is 0 Å². The average molecular weight is 237 g/mol. The lowest BCUT2D eigenvalue weighted by molar-refractivity contribution is 0.256. The van der Waals surface area contributed by atoms with Crippen LogP contribution in [0.5, 0.6) is 11.5 Å². The first-order chi connectivity index (χ1) is 8.02. The molecule has 96 valence electrons. The third-order valence-corrected chi connectivity index (χ3v) is 2.36. The summed E-state index contributed by atoms with van der Waals surface area (Å²) in [6, 6.07) is 6.14. The maximum absolute atomic E-state index is 5.80. The molecule has 1 aromatic carbocycles. The van der Waals surface area contributed by atoms with E-state index in [1.165, 1.54) is 5.56 Å². The Bertz CT molecular complexity index is 348. The highest BCUT2D eigenvalue weighted by Crippen LogP contribution is 2.28. The summed E-state index contributed by atoms with van der Waals surface area (Å²) < 4.78 is 11.0. The minimum Gasteiger partial charge on any atom is -0.493 e. The zero-order chi connectivity index (χ0) is 12.8. The predicted octanol–water partition coefficient (Wildman–Crippen LogP) is 2.62. The van der Waals surface area contributed by atoms with Crippen LogP contribution in [0.3, 0.4) is 0 Å². The highest BCUT2D eigenvalue weighted by Gasteiger charge is 2.07. The number of methoxy groups -OCH3 is 1. The molecule has 1 unspecified atom stereocenters. The maximum Gasteiger partial charge on any atom is 0.161 e. The molecule has 2 N–H and O–H groups in total. The van der Waals surface area contributed by atoms with Crippen molar-refractivity contribution in [3.63, 3.8) is 0 Å². The van der Waals surface area contributed by atoms with Crippen LogP contribution in [0, 0.1) is 5.92 Å². The summed E-state index contributed by atoms with van der Waals surface area (Å²) in [5.41, 5.74) is 6.98. The number of rotatable bonds is 6. The van der Waals surface area contributed by atoms with Crippen LogP contribution in [0.4, 0.5) is 0 Å². The van der Waals surface area contributed by atoms with Crippen LogP contribution in [-0.4, -0.2) is 19.8 Å². The fourth-order valence-electron chi connectivity index (χ4n) is 1.59. The van der Waals surface area contributed by atoms with Crippen LogP contribution in [0.1, 0.15) is 26.3 Å². The van der Waals surface area contributed by atoms with Gasteiger partial charge in [-0.3, -0.25) is 0 Å². The van der Waals surface area contributed by atoms with Gasteiger partial charge in [-0.05, 0) is 37.0 Å². The van der Waals surface area contributed by atoms with E-state index in [-0.39, 0.29) is 6.04 Å². The second-order valence-corrected chi connectivity index (χ2v) is 4.87. The molecule has 0 saturated heterocycles. The van der Waals surface area contributed by atoms with Gasteiger partial charge in [-0.2, -0.15) is 0 Å². The lowest BCUT2D eigenvalue weighted by Crippen LogP contribution is -2.17. The summed E-state index contributed by atoms with van der Waals surface area (Å²) in [4.78, 5) is 0. The molecule has 0 radical (unpaired) electrons. The monoisotopic (exact) mass is 237 g/mol. The Hall–Kier alpha value is -1.22. The third kappa shape index (κ3) is 4.65. The SMILES string of the molecule is COc1ccc(CC(C)N)cc1OCC(C)C. The van der Waals surface area contributed by atoms with E-state index in [2.05, 4.69) is 13.8 Å². The highest BCUT2D eigenvalue weighted by molar-refractivity contribution is 5.43. The highest BCUT2D eigenvalue weighted by atomic mass is 16.5. The van der Waals surface area contributed by atoms with Crippen molar-refractivity contribution in [1.82, 2.24) is 0 Å². The molecule has 17 heavy (non-hydrogen) atoms. The predicted molar refractivity (Wildman–Crippen MR) is 70.7 cm³/mol. The van der Waals surface area contributed by atoms with Gasteiger partial charge in [0.05, 0.1) is 13.7 Å². The van der Waals surface area contributed by atoms with Gasteiger partial charge in [-0.25, -0.2) is 0 Å². The Morgan fingerprint density at radius 3 is 2.41 bits per heavy atom. The molecule has 0 saturated carbocycles. The van der Waals surface area contributed by atoms with Crippen molar-refractivity contribution in [2.75, 3.05) is 13.7 Å². The van der Waals surface area contributed by atoms with E-state index < -0.39 is 0 Å². The largest absolute Gasteiger partial charge is 0.493 e. The minimum absolute atomic E-state index is 0.154. The number of hydrogen-bond acceptors (Lipinski definition) is 3. The zero-order valence-electron chi connectivity index (χ0n) is 11.2. The molecule has 0 fully saturated rings. The third-order valence-electron chi connectivity index (χ3n) is 2.36. The van der Waals surface area contributed by atoms with Gasteiger partial charge in [0.1, 0.15) is 0 Å². The number of hydrogen-bond donors (Lipinski definition) is 1. The van der Waals surface area contributed by atoms with Crippen molar-refractivity contribution < 1.29 is 9.47 Å². The van der Waals surface area contributed by atoms with E-state index in [4.69, 9.17) is 15.2 Å². The van der Waals surface area contributed by atoms with E-state index in [1.807, 2.05) is 25.1 Å². The van der Waals surface area contributed by atoms with Gasteiger partial charge >= 0.3 is 0 Å². The molecule has 0 amide bonds. The quantitative estimate of drug-likeness (QED) is 0.827. The molecule has 3 heteroatoms. The van der Waals surface area contributed by atoms with E-state index in [1.54, 1.807) is 7.11 Å². The Labute approximate surface area is 104 Å². The van der Waals surface area contributed by atoms with Crippen molar-refractivity contribution in [2.45, 2.75) is 33.2 Å². The second kappa shape index (κ2) is 6.50.